The number of nitrogens with two attached hydrogens (primary N) is 1. The van der Waals surface area contributed by atoms with Crippen LogP contribution in [-0.4, -0.2) is 30.9 Å². The monoisotopic (exact) mass is 405 g/mol. The quantitative estimate of drug-likeness (QED) is 0.684. The third-order valence-electron chi connectivity index (χ3n) is 4.21. The summed E-state index contributed by atoms with van der Waals surface area (Å²) in [7, 11) is 0. The van der Waals surface area contributed by atoms with Crippen LogP contribution in [0.3, 0.4) is 0 Å². The van der Waals surface area contributed by atoms with E-state index in [0.29, 0.717) is 12.3 Å². The predicted molar refractivity (Wildman–Crippen MR) is 111 cm³/mol. The van der Waals surface area contributed by atoms with Crippen LogP contribution in [0.4, 0.5) is 18.9 Å². The number of hydrogen-bond acceptors (Lipinski definition) is 4. The highest BCUT2D eigenvalue weighted by Gasteiger charge is 2.31. The summed E-state index contributed by atoms with van der Waals surface area (Å²) in [5.41, 5.74) is 1.24. The van der Waals surface area contributed by atoms with Crippen molar-refractivity contribution in [2.75, 3.05) is 31.1 Å². The predicted octanol–water partition coefficient (Wildman–Crippen LogP) is 5.10. The Kier molecular flexibility index (Phi) is 9.45. The molecule has 0 aromatic heterocycles. The molecular weight excluding hydrogens is 371 g/mol. The van der Waals surface area contributed by atoms with Crippen molar-refractivity contribution in [1.29, 1.82) is 0 Å². The summed E-state index contributed by atoms with van der Waals surface area (Å²) < 4.78 is 39.0. The zero-order valence-electron chi connectivity index (χ0n) is 17.1. The number of rotatable bonds is 4. The first kappa shape index (κ1) is 24.1. The fourth-order valence-electron chi connectivity index (χ4n) is 2.62. The van der Waals surface area contributed by atoms with Gasteiger partial charge in [-0.2, -0.15) is 13.2 Å². The number of nitrogens with zero attached hydrogens (tertiary/aromatic N) is 1. The third-order valence-corrected chi connectivity index (χ3v) is 4.92. The average molecular weight is 406 g/mol. The summed E-state index contributed by atoms with van der Waals surface area (Å²) in [6, 6.07) is 4.18. The minimum atomic E-state index is -4.27. The van der Waals surface area contributed by atoms with Crippen LogP contribution < -0.4 is 15.4 Å². The molecule has 1 saturated heterocycles. The molecule has 0 bridgehead atoms. The highest BCUT2D eigenvalue weighted by molar-refractivity contribution is 7.98. The van der Waals surface area contributed by atoms with Gasteiger partial charge in [-0.3, -0.25) is 5.14 Å². The second-order valence-electron chi connectivity index (χ2n) is 8.24. The number of anilines is 1. The van der Waals surface area contributed by atoms with Crippen LogP contribution in [0.2, 0.25) is 0 Å². The number of aryl methyl sites for hydroxylation is 1. The highest BCUT2D eigenvalue weighted by Crippen LogP contribution is 2.34. The molecule has 0 spiro atoms. The molecule has 27 heavy (non-hydrogen) atoms. The van der Waals surface area contributed by atoms with Gasteiger partial charge in [0.1, 0.15) is 0 Å². The number of benzene rings is 1. The van der Waals surface area contributed by atoms with Gasteiger partial charge in [-0.05, 0) is 63.3 Å². The molecule has 0 aliphatic carbocycles. The average Bonchev–Trinajstić information content (AvgIpc) is 2.59. The number of nitrogens with one attached hydrogen (secondary N) is 1. The van der Waals surface area contributed by atoms with Crippen LogP contribution in [0.15, 0.2) is 18.2 Å². The minimum absolute atomic E-state index is 0.236. The molecule has 0 radical (unpaired) electrons. The van der Waals surface area contributed by atoms with Gasteiger partial charge in [-0.1, -0.05) is 25.8 Å². The highest BCUT2D eigenvalue weighted by atomic mass is 32.2. The van der Waals surface area contributed by atoms with E-state index in [9.17, 15) is 13.2 Å². The van der Waals surface area contributed by atoms with E-state index in [-0.39, 0.29) is 4.75 Å². The van der Waals surface area contributed by atoms with Crippen molar-refractivity contribution >= 4 is 17.6 Å². The smallest absolute Gasteiger partial charge is 0.369 e. The maximum Gasteiger partial charge on any atom is 0.416 e. The molecule has 1 aromatic rings. The first-order chi connectivity index (χ1) is 12.4. The molecule has 3 N–H and O–H groups in total. The van der Waals surface area contributed by atoms with Gasteiger partial charge < -0.3 is 10.2 Å². The number of hydrogen-bond donors (Lipinski definition) is 2. The van der Waals surface area contributed by atoms with Crippen molar-refractivity contribution in [2.45, 2.75) is 58.4 Å². The fraction of sp³-hybridized carbons (Fsp3) is 0.700. The fourth-order valence-corrected chi connectivity index (χ4v) is 2.62. The van der Waals surface area contributed by atoms with Gasteiger partial charge in [-0.15, -0.1) is 0 Å². The molecular formula is C20H34F3N3S. The molecule has 0 unspecified atom stereocenters. The van der Waals surface area contributed by atoms with Crippen LogP contribution in [0.25, 0.3) is 0 Å². The van der Waals surface area contributed by atoms with E-state index in [0.717, 1.165) is 43.9 Å². The van der Waals surface area contributed by atoms with Crippen molar-refractivity contribution in [1.82, 2.24) is 5.32 Å². The molecule has 3 nitrogen and oxygen atoms in total. The van der Waals surface area contributed by atoms with Crippen molar-refractivity contribution in [2.24, 2.45) is 11.1 Å². The van der Waals surface area contributed by atoms with Crippen molar-refractivity contribution in [3.8, 4) is 0 Å². The Morgan fingerprint density at radius 1 is 1.15 bits per heavy atom. The normalized spacial score (nSPS) is 15.6. The van der Waals surface area contributed by atoms with Crippen LogP contribution in [-0.2, 0) is 12.6 Å². The summed E-state index contributed by atoms with van der Waals surface area (Å²) in [4.78, 5) is 2.19. The minimum Gasteiger partial charge on any atom is -0.369 e. The maximum atomic E-state index is 12.9. The zero-order valence-corrected chi connectivity index (χ0v) is 17.9. The molecule has 156 valence electrons. The molecule has 0 amide bonds. The molecule has 1 aromatic carbocycles. The summed E-state index contributed by atoms with van der Waals surface area (Å²) in [6.45, 7) is 13.9. The van der Waals surface area contributed by atoms with Gasteiger partial charge in [0, 0.05) is 36.6 Å². The first-order valence-corrected chi connectivity index (χ1v) is 10.4. The van der Waals surface area contributed by atoms with Gasteiger partial charge in [-0.25, -0.2) is 0 Å². The van der Waals surface area contributed by atoms with Crippen molar-refractivity contribution in [3.63, 3.8) is 0 Å². The van der Waals surface area contributed by atoms with E-state index in [1.807, 2.05) is 0 Å². The number of halogens is 3. The Labute approximate surface area is 166 Å². The van der Waals surface area contributed by atoms with Crippen LogP contribution >= 0.6 is 11.9 Å². The van der Waals surface area contributed by atoms with Gasteiger partial charge in [0.2, 0.25) is 0 Å². The van der Waals surface area contributed by atoms with Gasteiger partial charge >= 0.3 is 6.18 Å². The molecule has 0 atom stereocenters. The maximum absolute atomic E-state index is 12.9. The molecule has 1 aliphatic heterocycles. The van der Waals surface area contributed by atoms with Crippen molar-refractivity contribution in [3.05, 3.63) is 29.3 Å². The standard InChI is InChI=1S/C16H23F3N2.C4H11NS/c1-12(2)3-4-13-11-14(16(17,18)19)5-6-15(13)21-9-7-20-8-10-21;1-4(2,3)6-5/h5-6,11-12,20H,3-4,7-10H2,1-2H3;5H2,1-3H3. The third kappa shape index (κ3) is 9.21. The Balaban J connectivity index is 0.000000527. The Morgan fingerprint density at radius 3 is 2.15 bits per heavy atom. The van der Waals surface area contributed by atoms with E-state index in [2.05, 4.69) is 44.8 Å². The second-order valence-corrected chi connectivity index (χ2v) is 9.70. The molecule has 2 rings (SSSR count). The Morgan fingerprint density at radius 2 is 1.70 bits per heavy atom. The number of alkyl halides is 3. The molecule has 1 aliphatic rings. The van der Waals surface area contributed by atoms with Crippen LogP contribution in [0, 0.1) is 5.92 Å². The van der Waals surface area contributed by atoms with E-state index in [1.54, 1.807) is 6.07 Å². The van der Waals surface area contributed by atoms with Crippen molar-refractivity contribution < 1.29 is 13.2 Å². The largest absolute Gasteiger partial charge is 0.416 e. The van der Waals surface area contributed by atoms with E-state index >= 15 is 0 Å². The Hall–Kier alpha value is -0.920. The summed E-state index contributed by atoms with van der Waals surface area (Å²) >= 11 is 1.38. The summed E-state index contributed by atoms with van der Waals surface area (Å²) in [5, 5.41) is 8.49. The second kappa shape index (κ2) is 10.6. The lowest BCUT2D eigenvalue weighted by Crippen LogP contribution is -2.43. The van der Waals surface area contributed by atoms with Gasteiger partial charge in [0.15, 0.2) is 0 Å². The van der Waals surface area contributed by atoms with Crippen LogP contribution in [0.5, 0.6) is 0 Å². The summed E-state index contributed by atoms with van der Waals surface area (Å²) in [6.07, 6.45) is -2.67. The molecule has 7 heteroatoms. The Bertz CT molecular complexity index is 563. The van der Waals surface area contributed by atoms with Crippen LogP contribution in [0.1, 0.15) is 52.2 Å². The molecule has 0 saturated carbocycles. The topological polar surface area (TPSA) is 41.3 Å². The lowest BCUT2D eigenvalue weighted by atomic mass is 9.98. The lowest BCUT2D eigenvalue weighted by Gasteiger charge is -2.31. The SMILES string of the molecule is CC(C)(C)SN.CC(C)CCc1cc(C(F)(F)F)ccc1N1CCNCC1. The summed E-state index contributed by atoms with van der Waals surface area (Å²) in [5.74, 6) is 0.482. The lowest BCUT2D eigenvalue weighted by molar-refractivity contribution is -0.137. The van der Waals surface area contributed by atoms with Gasteiger partial charge in [0.05, 0.1) is 5.56 Å². The molecule has 1 heterocycles. The number of piperazine rings is 1. The molecule has 1 fully saturated rings. The van der Waals surface area contributed by atoms with Gasteiger partial charge in [0.25, 0.3) is 0 Å². The zero-order chi connectivity index (χ0) is 20.7. The van der Waals surface area contributed by atoms with E-state index < -0.39 is 11.7 Å². The van der Waals surface area contributed by atoms with E-state index in [4.69, 9.17) is 5.14 Å². The first-order valence-electron chi connectivity index (χ1n) is 9.47. The van der Waals surface area contributed by atoms with E-state index in [1.165, 1.54) is 24.1 Å².